The normalized spacial score (nSPS) is 10.6. The molecule has 9 heteroatoms. The highest BCUT2D eigenvalue weighted by atomic mass is 32.1. The van der Waals surface area contributed by atoms with Crippen LogP contribution in [0.25, 0.3) is 10.2 Å². The highest BCUT2D eigenvalue weighted by Gasteiger charge is 2.12. The fraction of sp³-hybridized carbons (Fsp3) is 0.0476. The monoisotopic (exact) mass is 438 g/mol. The number of benzene rings is 2. The molecule has 2 heterocycles. The summed E-state index contributed by atoms with van der Waals surface area (Å²) in [6.07, 6.45) is 1.56. The number of thiocarbonyl (C=S) groups is 1. The SMILES string of the molecule is O=C(Cc1ccccc1)NC(=S)Nc1ccc(Oc2ncnc3ccsc23)c(F)c1. The summed E-state index contributed by atoms with van der Waals surface area (Å²) in [5.41, 5.74) is 1.99. The third kappa shape index (κ3) is 4.76. The highest BCUT2D eigenvalue weighted by molar-refractivity contribution is 7.80. The van der Waals surface area contributed by atoms with E-state index in [0.717, 1.165) is 15.8 Å². The number of rotatable bonds is 5. The molecule has 6 nitrogen and oxygen atoms in total. The van der Waals surface area contributed by atoms with Gasteiger partial charge in [0.1, 0.15) is 11.0 Å². The van der Waals surface area contributed by atoms with Crippen molar-refractivity contribution in [1.82, 2.24) is 15.3 Å². The van der Waals surface area contributed by atoms with Crippen LogP contribution in [-0.2, 0) is 11.2 Å². The molecule has 0 bridgehead atoms. The molecular weight excluding hydrogens is 423 g/mol. The molecule has 0 aliphatic carbocycles. The average Bonchev–Trinajstić information content (AvgIpc) is 3.20. The quantitative estimate of drug-likeness (QED) is 0.441. The van der Waals surface area contributed by atoms with Crippen molar-refractivity contribution in [2.24, 2.45) is 0 Å². The predicted octanol–water partition coefficient (Wildman–Crippen LogP) is 4.68. The molecule has 4 rings (SSSR count). The Bertz CT molecular complexity index is 1210. The second kappa shape index (κ2) is 8.93. The third-order valence-corrected chi connectivity index (χ3v) is 5.16. The zero-order valence-electron chi connectivity index (χ0n) is 15.5. The molecule has 150 valence electrons. The number of hydrogen-bond donors (Lipinski definition) is 2. The lowest BCUT2D eigenvalue weighted by molar-refractivity contribution is -0.119. The number of aromatic nitrogens is 2. The van der Waals surface area contributed by atoms with E-state index >= 15 is 0 Å². The smallest absolute Gasteiger partial charge is 0.240 e. The van der Waals surface area contributed by atoms with Gasteiger partial charge in [-0.15, -0.1) is 11.3 Å². The Morgan fingerprint density at radius 1 is 1.13 bits per heavy atom. The maximum absolute atomic E-state index is 14.5. The Morgan fingerprint density at radius 2 is 1.97 bits per heavy atom. The van der Waals surface area contributed by atoms with Gasteiger partial charge in [0.05, 0.1) is 11.9 Å². The maximum Gasteiger partial charge on any atom is 0.240 e. The minimum atomic E-state index is -0.596. The summed E-state index contributed by atoms with van der Waals surface area (Å²) >= 11 is 6.55. The molecule has 1 amide bonds. The number of nitrogens with one attached hydrogen (secondary N) is 2. The summed E-state index contributed by atoms with van der Waals surface area (Å²) in [4.78, 5) is 20.3. The van der Waals surface area contributed by atoms with E-state index in [1.165, 1.54) is 29.8 Å². The van der Waals surface area contributed by atoms with Gasteiger partial charge in [0.2, 0.25) is 11.8 Å². The molecule has 0 spiro atoms. The van der Waals surface area contributed by atoms with Gasteiger partial charge in [0.15, 0.2) is 16.7 Å². The summed E-state index contributed by atoms with van der Waals surface area (Å²) in [6.45, 7) is 0. The van der Waals surface area contributed by atoms with Crippen LogP contribution in [-0.4, -0.2) is 21.0 Å². The second-order valence-corrected chi connectivity index (χ2v) is 7.55. The minimum absolute atomic E-state index is 0.0213. The second-order valence-electron chi connectivity index (χ2n) is 6.23. The van der Waals surface area contributed by atoms with Gasteiger partial charge >= 0.3 is 0 Å². The lowest BCUT2D eigenvalue weighted by Crippen LogP contribution is -2.35. The van der Waals surface area contributed by atoms with Crippen LogP contribution in [0.15, 0.2) is 66.3 Å². The van der Waals surface area contributed by atoms with Gasteiger partial charge in [-0.25, -0.2) is 14.4 Å². The number of thiophene rings is 1. The van der Waals surface area contributed by atoms with E-state index in [-0.39, 0.29) is 23.2 Å². The number of anilines is 1. The van der Waals surface area contributed by atoms with Crippen LogP contribution in [0.3, 0.4) is 0 Å². The molecule has 2 aromatic carbocycles. The summed E-state index contributed by atoms with van der Waals surface area (Å²) in [6, 6.07) is 15.4. The van der Waals surface area contributed by atoms with Crippen molar-refractivity contribution in [3.05, 3.63) is 77.7 Å². The Kier molecular flexibility index (Phi) is 5.92. The summed E-state index contributed by atoms with van der Waals surface area (Å²) in [5, 5.41) is 7.32. The van der Waals surface area contributed by atoms with E-state index in [0.29, 0.717) is 11.6 Å². The topological polar surface area (TPSA) is 76.1 Å². The van der Waals surface area contributed by atoms with Crippen molar-refractivity contribution in [1.29, 1.82) is 0 Å². The van der Waals surface area contributed by atoms with Crippen molar-refractivity contribution in [3.8, 4) is 11.6 Å². The minimum Gasteiger partial charge on any atom is -0.434 e. The number of nitrogens with zero attached hydrogens (tertiary/aromatic N) is 2. The zero-order chi connectivity index (χ0) is 20.9. The molecule has 0 atom stereocenters. The van der Waals surface area contributed by atoms with Gasteiger partial charge in [0, 0.05) is 11.8 Å². The van der Waals surface area contributed by atoms with E-state index in [1.807, 2.05) is 41.8 Å². The predicted molar refractivity (Wildman–Crippen MR) is 118 cm³/mol. The van der Waals surface area contributed by atoms with Gasteiger partial charge in [0.25, 0.3) is 0 Å². The Hall–Kier alpha value is -3.43. The van der Waals surface area contributed by atoms with Gasteiger partial charge in [-0.3, -0.25) is 4.79 Å². The molecule has 0 fully saturated rings. The molecule has 2 N–H and O–H groups in total. The highest BCUT2D eigenvalue weighted by Crippen LogP contribution is 2.32. The van der Waals surface area contributed by atoms with Gasteiger partial charge in [-0.2, -0.15) is 0 Å². The number of carbonyl (C=O) groups is 1. The maximum atomic E-state index is 14.5. The molecule has 0 aliphatic heterocycles. The third-order valence-electron chi connectivity index (χ3n) is 4.07. The largest absolute Gasteiger partial charge is 0.434 e. The van der Waals surface area contributed by atoms with Gasteiger partial charge in [-0.1, -0.05) is 30.3 Å². The van der Waals surface area contributed by atoms with Crippen molar-refractivity contribution in [2.45, 2.75) is 6.42 Å². The van der Waals surface area contributed by atoms with E-state index in [2.05, 4.69) is 20.6 Å². The molecule has 30 heavy (non-hydrogen) atoms. The van der Waals surface area contributed by atoms with Crippen molar-refractivity contribution < 1.29 is 13.9 Å². The molecule has 0 saturated heterocycles. The zero-order valence-corrected chi connectivity index (χ0v) is 17.1. The lowest BCUT2D eigenvalue weighted by Gasteiger charge is -2.11. The van der Waals surface area contributed by atoms with E-state index in [4.69, 9.17) is 17.0 Å². The van der Waals surface area contributed by atoms with Crippen molar-refractivity contribution in [2.75, 3.05) is 5.32 Å². The first kappa shape index (κ1) is 19.9. The molecule has 0 radical (unpaired) electrons. The van der Waals surface area contributed by atoms with Crippen molar-refractivity contribution in [3.63, 3.8) is 0 Å². The van der Waals surface area contributed by atoms with Crippen LogP contribution in [0.2, 0.25) is 0 Å². The molecular formula is C21H15FN4O2S2. The van der Waals surface area contributed by atoms with Crippen LogP contribution in [0.4, 0.5) is 10.1 Å². The van der Waals surface area contributed by atoms with Gasteiger partial charge < -0.3 is 15.4 Å². The summed E-state index contributed by atoms with van der Waals surface area (Å²) in [5.74, 6) is -0.545. The first-order valence-corrected chi connectivity index (χ1v) is 10.2. The average molecular weight is 439 g/mol. The first-order chi connectivity index (χ1) is 14.6. The Morgan fingerprint density at radius 3 is 2.77 bits per heavy atom. The lowest BCUT2D eigenvalue weighted by atomic mass is 10.1. The fourth-order valence-electron chi connectivity index (χ4n) is 2.72. The van der Waals surface area contributed by atoms with E-state index < -0.39 is 5.82 Å². The fourth-order valence-corrected chi connectivity index (χ4v) is 3.72. The van der Waals surface area contributed by atoms with E-state index in [1.54, 1.807) is 6.07 Å². The summed E-state index contributed by atoms with van der Waals surface area (Å²) < 4.78 is 20.9. The van der Waals surface area contributed by atoms with Gasteiger partial charge in [-0.05, 0) is 41.4 Å². The summed E-state index contributed by atoms with van der Waals surface area (Å²) in [7, 11) is 0. The van der Waals surface area contributed by atoms with Crippen LogP contribution in [0, 0.1) is 5.82 Å². The molecule has 0 aliphatic rings. The number of hydrogen-bond acceptors (Lipinski definition) is 6. The number of ether oxygens (including phenoxy) is 1. The molecule has 0 saturated carbocycles. The number of amides is 1. The van der Waals surface area contributed by atoms with Crippen LogP contribution in [0.1, 0.15) is 5.56 Å². The van der Waals surface area contributed by atoms with Crippen molar-refractivity contribution >= 4 is 50.5 Å². The van der Waals surface area contributed by atoms with Crippen LogP contribution >= 0.6 is 23.6 Å². The number of fused-ring (bicyclic) bond motifs is 1. The molecule has 0 unspecified atom stereocenters. The molecule has 4 aromatic rings. The first-order valence-electron chi connectivity index (χ1n) is 8.89. The Labute approximate surface area is 180 Å². The Balaban J connectivity index is 1.39. The van der Waals surface area contributed by atoms with E-state index in [9.17, 15) is 9.18 Å². The standard InChI is InChI=1S/C21H15FN4O2S2/c22-15-11-14(25-21(29)26-18(27)10-13-4-2-1-3-5-13)6-7-17(15)28-20-19-16(8-9-30-19)23-12-24-20/h1-9,11-12H,10H2,(H2,25,26,27,29). The van der Waals surface area contributed by atoms with Crippen LogP contribution in [0.5, 0.6) is 11.6 Å². The number of carbonyl (C=O) groups excluding carboxylic acids is 1. The molecule has 2 aromatic heterocycles. The number of halogens is 1. The van der Waals surface area contributed by atoms with Crippen LogP contribution < -0.4 is 15.4 Å².